The third-order valence-electron chi connectivity index (χ3n) is 2.47. The van der Waals surface area contributed by atoms with Crippen LogP contribution in [0.2, 0.25) is 0 Å². The molecule has 0 fully saturated rings. The SMILES string of the molecule is CC(=O)N(CC(=O)Nc1cccc(Br)c1)CC(C)C. The molecule has 0 aliphatic heterocycles. The Kier molecular flexibility index (Phi) is 6.02. The van der Waals surface area contributed by atoms with Crippen molar-refractivity contribution in [2.24, 2.45) is 5.92 Å². The van der Waals surface area contributed by atoms with Crippen LogP contribution >= 0.6 is 15.9 Å². The number of anilines is 1. The van der Waals surface area contributed by atoms with Gasteiger partial charge >= 0.3 is 0 Å². The van der Waals surface area contributed by atoms with Gasteiger partial charge in [-0.1, -0.05) is 35.8 Å². The van der Waals surface area contributed by atoms with Crippen LogP contribution in [0.5, 0.6) is 0 Å². The van der Waals surface area contributed by atoms with Crippen molar-refractivity contribution >= 4 is 33.4 Å². The zero-order chi connectivity index (χ0) is 14.4. The molecule has 0 aliphatic carbocycles. The van der Waals surface area contributed by atoms with Gasteiger partial charge in [-0.05, 0) is 24.1 Å². The van der Waals surface area contributed by atoms with E-state index in [2.05, 4.69) is 21.2 Å². The average Bonchev–Trinajstić information content (AvgIpc) is 2.27. The van der Waals surface area contributed by atoms with Crippen LogP contribution in [0.3, 0.4) is 0 Å². The molecule has 0 aliphatic rings. The van der Waals surface area contributed by atoms with E-state index in [0.717, 1.165) is 4.47 Å². The molecule has 5 heteroatoms. The number of carbonyl (C=O) groups excluding carboxylic acids is 2. The highest BCUT2D eigenvalue weighted by molar-refractivity contribution is 9.10. The molecule has 0 bridgehead atoms. The predicted molar refractivity (Wildman–Crippen MR) is 79.9 cm³/mol. The Morgan fingerprint density at radius 1 is 1.37 bits per heavy atom. The zero-order valence-electron chi connectivity index (χ0n) is 11.4. The minimum absolute atomic E-state index is 0.0834. The largest absolute Gasteiger partial charge is 0.333 e. The third-order valence-corrected chi connectivity index (χ3v) is 2.97. The van der Waals surface area contributed by atoms with Gasteiger partial charge in [-0.3, -0.25) is 9.59 Å². The summed E-state index contributed by atoms with van der Waals surface area (Å²) < 4.78 is 0.899. The number of amides is 2. The first-order valence-electron chi connectivity index (χ1n) is 6.19. The predicted octanol–water partition coefficient (Wildman–Crippen LogP) is 2.89. The second-order valence-electron chi connectivity index (χ2n) is 4.85. The highest BCUT2D eigenvalue weighted by Gasteiger charge is 2.14. The quantitative estimate of drug-likeness (QED) is 0.904. The molecule has 0 atom stereocenters. The van der Waals surface area contributed by atoms with Gasteiger partial charge in [0.1, 0.15) is 0 Å². The van der Waals surface area contributed by atoms with Gasteiger partial charge in [-0.15, -0.1) is 0 Å². The van der Waals surface area contributed by atoms with Crippen molar-refractivity contribution in [1.29, 1.82) is 0 Å². The molecule has 0 saturated carbocycles. The first kappa shape index (κ1) is 15.7. The number of rotatable bonds is 5. The number of halogens is 1. The lowest BCUT2D eigenvalue weighted by molar-refractivity contribution is -0.133. The highest BCUT2D eigenvalue weighted by atomic mass is 79.9. The van der Waals surface area contributed by atoms with E-state index in [0.29, 0.717) is 18.2 Å². The maximum absolute atomic E-state index is 11.9. The van der Waals surface area contributed by atoms with E-state index >= 15 is 0 Å². The number of nitrogens with one attached hydrogen (secondary N) is 1. The van der Waals surface area contributed by atoms with Crippen molar-refractivity contribution < 1.29 is 9.59 Å². The van der Waals surface area contributed by atoms with Crippen LogP contribution in [-0.4, -0.2) is 29.8 Å². The summed E-state index contributed by atoms with van der Waals surface area (Å²) in [6.45, 7) is 6.18. The summed E-state index contributed by atoms with van der Waals surface area (Å²) in [7, 11) is 0. The van der Waals surface area contributed by atoms with Crippen LogP contribution in [0.4, 0.5) is 5.69 Å². The normalized spacial score (nSPS) is 10.4. The number of nitrogens with zero attached hydrogens (tertiary/aromatic N) is 1. The molecule has 1 N–H and O–H groups in total. The topological polar surface area (TPSA) is 49.4 Å². The van der Waals surface area contributed by atoms with Crippen molar-refractivity contribution in [3.8, 4) is 0 Å². The van der Waals surface area contributed by atoms with Gasteiger partial charge in [0.15, 0.2) is 0 Å². The first-order chi connectivity index (χ1) is 8.88. The summed E-state index contributed by atoms with van der Waals surface area (Å²) >= 11 is 3.34. The summed E-state index contributed by atoms with van der Waals surface area (Å²) in [6.07, 6.45) is 0. The molecule has 104 valence electrons. The lowest BCUT2D eigenvalue weighted by Gasteiger charge is -2.22. The first-order valence-corrected chi connectivity index (χ1v) is 6.98. The van der Waals surface area contributed by atoms with Crippen molar-refractivity contribution in [2.75, 3.05) is 18.4 Å². The second kappa shape index (κ2) is 7.28. The number of carbonyl (C=O) groups is 2. The summed E-state index contributed by atoms with van der Waals surface area (Å²) in [6, 6.07) is 7.36. The van der Waals surface area contributed by atoms with Gasteiger partial charge in [0.25, 0.3) is 0 Å². The maximum atomic E-state index is 11.9. The minimum atomic E-state index is -0.186. The highest BCUT2D eigenvalue weighted by Crippen LogP contribution is 2.15. The molecule has 2 amide bonds. The number of hydrogen-bond donors (Lipinski definition) is 1. The number of hydrogen-bond acceptors (Lipinski definition) is 2. The molecule has 0 heterocycles. The van der Waals surface area contributed by atoms with Crippen molar-refractivity contribution in [2.45, 2.75) is 20.8 Å². The molecule has 0 aromatic heterocycles. The Balaban J connectivity index is 2.60. The van der Waals surface area contributed by atoms with Gasteiger partial charge in [0.2, 0.25) is 11.8 Å². The molecule has 1 aromatic rings. The Labute approximate surface area is 122 Å². The second-order valence-corrected chi connectivity index (χ2v) is 5.77. The van der Waals surface area contributed by atoms with Crippen LogP contribution in [0.15, 0.2) is 28.7 Å². The molecule has 0 spiro atoms. The molecule has 1 rings (SSSR count). The zero-order valence-corrected chi connectivity index (χ0v) is 13.0. The van der Waals surface area contributed by atoms with Crippen LogP contribution in [0, 0.1) is 5.92 Å². The fourth-order valence-electron chi connectivity index (χ4n) is 1.69. The molecule has 0 radical (unpaired) electrons. The van der Waals surface area contributed by atoms with E-state index < -0.39 is 0 Å². The Morgan fingerprint density at radius 2 is 2.05 bits per heavy atom. The molecular weight excluding hydrogens is 308 g/mol. The van der Waals surface area contributed by atoms with Gasteiger partial charge in [0.05, 0.1) is 6.54 Å². The molecule has 0 unspecified atom stereocenters. The molecular formula is C14H19BrN2O2. The smallest absolute Gasteiger partial charge is 0.243 e. The van der Waals surface area contributed by atoms with E-state index in [9.17, 15) is 9.59 Å². The summed E-state index contributed by atoms with van der Waals surface area (Å²) in [5.74, 6) is 0.0645. The standard InChI is InChI=1S/C14H19BrN2O2/c1-10(2)8-17(11(3)18)9-14(19)16-13-6-4-5-12(15)7-13/h4-7,10H,8-9H2,1-3H3,(H,16,19). The van der Waals surface area contributed by atoms with Gasteiger partial charge in [-0.25, -0.2) is 0 Å². The summed E-state index contributed by atoms with van der Waals surface area (Å²) in [4.78, 5) is 24.9. The van der Waals surface area contributed by atoms with Crippen molar-refractivity contribution in [3.05, 3.63) is 28.7 Å². The van der Waals surface area contributed by atoms with Gasteiger partial charge in [-0.2, -0.15) is 0 Å². The fraction of sp³-hybridized carbons (Fsp3) is 0.429. The van der Waals surface area contributed by atoms with Crippen molar-refractivity contribution in [3.63, 3.8) is 0 Å². The van der Waals surface area contributed by atoms with E-state index in [1.165, 1.54) is 6.92 Å². The number of benzene rings is 1. The van der Waals surface area contributed by atoms with Crippen molar-refractivity contribution in [1.82, 2.24) is 4.90 Å². The van der Waals surface area contributed by atoms with Crippen LogP contribution in [0.25, 0.3) is 0 Å². The lowest BCUT2D eigenvalue weighted by Crippen LogP contribution is -2.38. The van der Waals surface area contributed by atoms with E-state index in [4.69, 9.17) is 0 Å². The Bertz CT molecular complexity index is 461. The fourth-order valence-corrected chi connectivity index (χ4v) is 2.08. The summed E-state index contributed by atoms with van der Waals surface area (Å²) in [5.41, 5.74) is 0.715. The van der Waals surface area contributed by atoms with Crippen LogP contribution in [0.1, 0.15) is 20.8 Å². The molecule has 19 heavy (non-hydrogen) atoms. The monoisotopic (exact) mass is 326 g/mol. The third kappa shape index (κ3) is 5.87. The van der Waals surface area contributed by atoms with E-state index in [1.807, 2.05) is 38.1 Å². The van der Waals surface area contributed by atoms with E-state index in [-0.39, 0.29) is 18.4 Å². The summed E-state index contributed by atoms with van der Waals surface area (Å²) in [5, 5.41) is 2.78. The van der Waals surface area contributed by atoms with E-state index in [1.54, 1.807) is 4.90 Å². The lowest BCUT2D eigenvalue weighted by atomic mass is 10.2. The van der Waals surface area contributed by atoms with Gasteiger partial charge < -0.3 is 10.2 Å². The maximum Gasteiger partial charge on any atom is 0.243 e. The van der Waals surface area contributed by atoms with Crippen LogP contribution < -0.4 is 5.32 Å². The molecule has 4 nitrogen and oxygen atoms in total. The Morgan fingerprint density at radius 3 is 2.58 bits per heavy atom. The Hall–Kier alpha value is -1.36. The molecule has 1 aromatic carbocycles. The average molecular weight is 327 g/mol. The molecule has 0 saturated heterocycles. The van der Waals surface area contributed by atoms with Crippen LogP contribution in [-0.2, 0) is 9.59 Å². The van der Waals surface area contributed by atoms with Gasteiger partial charge in [0, 0.05) is 23.6 Å². The minimum Gasteiger partial charge on any atom is -0.333 e.